The van der Waals surface area contributed by atoms with E-state index in [0.29, 0.717) is 30.0 Å². The van der Waals surface area contributed by atoms with Crippen molar-refractivity contribution >= 4 is 15.7 Å². The van der Waals surface area contributed by atoms with Crippen LogP contribution in [0.4, 0.5) is 5.69 Å². The number of hydrogen-bond acceptors (Lipinski definition) is 5. The Kier molecular flexibility index (Phi) is 6.60. The van der Waals surface area contributed by atoms with E-state index in [1.54, 1.807) is 26.0 Å². The number of aryl methyl sites for hydroxylation is 1. The zero-order valence-corrected chi connectivity index (χ0v) is 13.9. The molecule has 0 aliphatic rings. The standard InChI is InChI=1S/C14H24N2O4S/c1-11-5-6-13(15)12(2)14(11)21(17,18)16(7-9-19-3)8-10-20-4/h5-6H,7-10,15H2,1-4H3. The van der Waals surface area contributed by atoms with Gasteiger partial charge in [-0.05, 0) is 31.0 Å². The lowest BCUT2D eigenvalue weighted by atomic mass is 10.1. The number of nitrogens with two attached hydrogens (primary N) is 1. The van der Waals surface area contributed by atoms with Crippen molar-refractivity contribution < 1.29 is 17.9 Å². The summed E-state index contributed by atoms with van der Waals surface area (Å²) in [6, 6.07) is 3.44. The number of benzene rings is 1. The highest BCUT2D eigenvalue weighted by molar-refractivity contribution is 7.89. The van der Waals surface area contributed by atoms with E-state index < -0.39 is 10.0 Å². The van der Waals surface area contributed by atoms with Crippen LogP contribution in [0.3, 0.4) is 0 Å². The van der Waals surface area contributed by atoms with Crippen LogP contribution in [0, 0.1) is 13.8 Å². The molecule has 0 fully saturated rings. The van der Waals surface area contributed by atoms with E-state index in [1.807, 2.05) is 0 Å². The molecule has 0 aromatic heterocycles. The highest BCUT2D eigenvalue weighted by Gasteiger charge is 2.28. The molecule has 0 atom stereocenters. The van der Waals surface area contributed by atoms with E-state index in [0.717, 1.165) is 0 Å². The smallest absolute Gasteiger partial charge is 0.243 e. The summed E-state index contributed by atoms with van der Waals surface area (Å²) >= 11 is 0. The fourth-order valence-electron chi connectivity index (χ4n) is 2.11. The third kappa shape index (κ3) is 4.16. The van der Waals surface area contributed by atoms with Crippen LogP contribution in [0.15, 0.2) is 17.0 Å². The molecule has 0 bridgehead atoms. The van der Waals surface area contributed by atoms with E-state index in [2.05, 4.69) is 0 Å². The molecule has 0 aliphatic heterocycles. The summed E-state index contributed by atoms with van der Waals surface area (Å²) in [6.07, 6.45) is 0. The predicted octanol–water partition coefficient (Wildman–Crippen LogP) is 1.17. The molecule has 0 heterocycles. The van der Waals surface area contributed by atoms with Gasteiger partial charge in [0, 0.05) is 33.0 Å². The van der Waals surface area contributed by atoms with Crippen LogP contribution in [0.5, 0.6) is 0 Å². The highest BCUT2D eigenvalue weighted by atomic mass is 32.2. The Hall–Kier alpha value is -1.15. The van der Waals surface area contributed by atoms with Crippen molar-refractivity contribution in [3.05, 3.63) is 23.3 Å². The van der Waals surface area contributed by atoms with Gasteiger partial charge in [0.05, 0.1) is 18.1 Å². The third-order valence-electron chi connectivity index (χ3n) is 3.33. The average Bonchev–Trinajstić information content (AvgIpc) is 2.43. The Labute approximate surface area is 126 Å². The lowest BCUT2D eigenvalue weighted by Crippen LogP contribution is -2.37. The number of hydrogen-bond donors (Lipinski definition) is 1. The fraction of sp³-hybridized carbons (Fsp3) is 0.571. The Balaban J connectivity index is 3.25. The molecule has 0 radical (unpaired) electrons. The summed E-state index contributed by atoms with van der Waals surface area (Å²) in [5, 5.41) is 0. The maximum Gasteiger partial charge on any atom is 0.243 e. The number of sulfonamides is 1. The van der Waals surface area contributed by atoms with E-state index in [9.17, 15) is 8.42 Å². The number of anilines is 1. The van der Waals surface area contributed by atoms with Crippen molar-refractivity contribution in [3.63, 3.8) is 0 Å². The summed E-state index contributed by atoms with van der Waals surface area (Å²) in [7, 11) is -0.556. The fourth-order valence-corrected chi connectivity index (χ4v) is 3.97. The topological polar surface area (TPSA) is 81.9 Å². The molecule has 6 nitrogen and oxygen atoms in total. The molecule has 120 valence electrons. The van der Waals surface area contributed by atoms with Crippen molar-refractivity contribution in [2.75, 3.05) is 46.3 Å². The van der Waals surface area contributed by atoms with Gasteiger partial charge in [-0.25, -0.2) is 8.42 Å². The summed E-state index contributed by atoms with van der Waals surface area (Å²) in [5.74, 6) is 0. The van der Waals surface area contributed by atoms with E-state index >= 15 is 0 Å². The zero-order chi connectivity index (χ0) is 16.0. The molecule has 2 N–H and O–H groups in total. The second-order valence-corrected chi connectivity index (χ2v) is 6.69. The molecular weight excluding hydrogens is 292 g/mol. The maximum atomic E-state index is 12.9. The van der Waals surface area contributed by atoms with Crippen molar-refractivity contribution in [3.8, 4) is 0 Å². The quantitative estimate of drug-likeness (QED) is 0.728. The van der Waals surface area contributed by atoms with Crippen LogP contribution < -0.4 is 5.73 Å². The van der Waals surface area contributed by atoms with E-state index in [1.165, 1.54) is 18.5 Å². The number of nitrogens with zero attached hydrogens (tertiary/aromatic N) is 1. The predicted molar refractivity (Wildman–Crippen MR) is 82.8 cm³/mol. The highest BCUT2D eigenvalue weighted by Crippen LogP contribution is 2.27. The molecule has 7 heteroatoms. The van der Waals surface area contributed by atoms with Crippen molar-refractivity contribution in [2.24, 2.45) is 0 Å². The van der Waals surface area contributed by atoms with Gasteiger partial charge in [0.15, 0.2) is 0 Å². The Morgan fingerprint density at radius 3 is 2.10 bits per heavy atom. The largest absolute Gasteiger partial charge is 0.398 e. The van der Waals surface area contributed by atoms with Crippen LogP contribution in [0.25, 0.3) is 0 Å². The SMILES string of the molecule is COCCN(CCOC)S(=O)(=O)c1c(C)ccc(N)c1C. The van der Waals surface area contributed by atoms with Gasteiger partial charge in [0.2, 0.25) is 10.0 Å². The molecular formula is C14H24N2O4S. The first-order valence-corrected chi connectivity index (χ1v) is 8.14. The Morgan fingerprint density at radius 2 is 1.62 bits per heavy atom. The molecule has 0 saturated heterocycles. The first-order valence-electron chi connectivity index (χ1n) is 6.70. The first kappa shape index (κ1) is 17.9. The normalized spacial score (nSPS) is 12.0. The molecule has 0 unspecified atom stereocenters. The van der Waals surface area contributed by atoms with Crippen molar-refractivity contribution in [2.45, 2.75) is 18.7 Å². The lowest BCUT2D eigenvalue weighted by Gasteiger charge is -2.24. The summed E-state index contributed by atoms with van der Waals surface area (Å²) in [4.78, 5) is 0.273. The Bertz CT molecular complexity index is 565. The summed E-state index contributed by atoms with van der Waals surface area (Å²) < 4.78 is 37.2. The molecule has 21 heavy (non-hydrogen) atoms. The van der Waals surface area contributed by atoms with Crippen LogP contribution >= 0.6 is 0 Å². The first-order chi connectivity index (χ1) is 9.86. The average molecular weight is 316 g/mol. The monoisotopic (exact) mass is 316 g/mol. The molecule has 0 spiro atoms. The van der Waals surface area contributed by atoms with Crippen LogP contribution in [-0.2, 0) is 19.5 Å². The van der Waals surface area contributed by atoms with Gasteiger partial charge < -0.3 is 15.2 Å². The second-order valence-electron chi connectivity index (χ2n) is 4.82. The van der Waals surface area contributed by atoms with Gasteiger partial charge in [0.1, 0.15) is 0 Å². The molecule has 1 aromatic rings. The van der Waals surface area contributed by atoms with Crippen LogP contribution in [0.2, 0.25) is 0 Å². The molecule has 0 aliphatic carbocycles. The Morgan fingerprint density at radius 1 is 1.10 bits per heavy atom. The minimum absolute atomic E-state index is 0.273. The van der Waals surface area contributed by atoms with Crippen LogP contribution in [0.1, 0.15) is 11.1 Å². The van der Waals surface area contributed by atoms with Gasteiger partial charge in [-0.3, -0.25) is 0 Å². The lowest BCUT2D eigenvalue weighted by molar-refractivity contribution is 0.150. The molecule has 0 amide bonds. The summed E-state index contributed by atoms with van der Waals surface area (Å²) in [6.45, 7) is 4.68. The number of methoxy groups -OCH3 is 2. The van der Waals surface area contributed by atoms with Gasteiger partial charge in [-0.15, -0.1) is 0 Å². The zero-order valence-electron chi connectivity index (χ0n) is 13.0. The van der Waals surface area contributed by atoms with Crippen LogP contribution in [-0.4, -0.2) is 53.2 Å². The van der Waals surface area contributed by atoms with Crippen molar-refractivity contribution in [1.29, 1.82) is 0 Å². The van der Waals surface area contributed by atoms with Gasteiger partial charge >= 0.3 is 0 Å². The van der Waals surface area contributed by atoms with E-state index in [4.69, 9.17) is 15.2 Å². The molecule has 1 rings (SSSR count). The second kappa shape index (κ2) is 7.74. The number of nitrogen functional groups attached to an aromatic ring is 1. The molecule has 0 saturated carbocycles. The van der Waals surface area contributed by atoms with Gasteiger partial charge in [-0.2, -0.15) is 4.31 Å². The third-order valence-corrected chi connectivity index (χ3v) is 5.52. The molecule has 1 aromatic carbocycles. The van der Waals surface area contributed by atoms with Gasteiger partial charge in [0.25, 0.3) is 0 Å². The number of rotatable bonds is 8. The minimum atomic E-state index is -3.64. The van der Waals surface area contributed by atoms with Gasteiger partial charge in [-0.1, -0.05) is 6.07 Å². The summed E-state index contributed by atoms with van der Waals surface area (Å²) in [5.41, 5.74) is 7.58. The number of ether oxygens (including phenoxy) is 2. The maximum absolute atomic E-state index is 12.9. The van der Waals surface area contributed by atoms with E-state index in [-0.39, 0.29) is 18.0 Å². The minimum Gasteiger partial charge on any atom is -0.398 e. The van der Waals surface area contributed by atoms with Crippen molar-refractivity contribution in [1.82, 2.24) is 4.31 Å².